The van der Waals surface area contributed by atoms with Gasteiger partial charge in [-0.3, -0.25) is 0 Å². The zero-order chi connectivity index (χ0) is 21.3. The standard InChI is InChI=1S/C22H31F3O5/c1-2-3-4-5-16-11-28-21(29-12-16)17-13-26-20(27-14-17)9-7-15-6-8-19(18(23)10-15)30-22(24)25/h6,8,10,16-17,20-22H,2-5,7,9,11-14H2,1H3/t16-,17-,20-,21-. The van der Waals surface area contributed by atoms with Crippen molar-refractivity contribution >= 4 is 0 Å². The van der Waals surface area contributed by atoms with Gasteiger partial charge in [-0.2, -0.15) is 8.78 Å². The molecule has 8 heteroatoms. The summed E-state index contributed by atoms with van der Waals surface area (Å²) >= 11 is 0. The molecular weight excluding hydrogens is 401 g/mol. The van der Waals surface area contributed by atoms with Crippen LogP contribution in [0.2, 0.25) is 0 Å². The van der Waals surface area contributed by atoms with Gasteiger partial charge in [0.15, 0.2) is 24.1 Å². The van der Waals surface area contributed by atoms with Gasteiger partial charge in [-0.1, -0.05) is 32.3 Å². The Kier molecular flexibility index (Phi) is 9.24. The fourth-order valence-corrected chi connectivity index (χ4v) is 3.74. The molecule has 0 bridgehead atoms. The molecule has 0 amide bonds. The number of aryl methyl sites for hydroxylation is 1. The summed E-state index contributed by atoms with van der Waals surface area (Å²) in [7, 11) is 0. The quantitative estimate of drug-likeness (QED) is 0.491. The van der Waals surface area contributed by atoms with Crippen molar-refractivity contribution in [1.29, 1.82) is 0 Å². The summed E-state index contributed by atoms with van der Waals surface area (Å²) in [4.78, 5) is 0. The van der Waals surface area contributed by atoms with Crippen molar-refractivity contribution in [2.24, 2.45) is 11.8 Å². The first-order valence-electron chi connectivity index (χ1n) is 10.7. The van der Waals surface area contributed by atoms with Crippen molar-refractivity contribution in [3.8, 4) is 5.75 Å². The fourth-order valence-electron chi connectivity index (χ4n) is 3.74. The van der Waals surface area contributed by atoms with Crippen molar-refractivity contribution in [3.05, 3.63) is 29.6 Å². The summed E-state index contributed by atoms with van der Waals surface area (Å²) in [6.07, 6.45) is 5.13. The van der Waals surface area contributed by atoms with Crippen LogP contribution in [0.3, 0.4) is 0 Å². The Morgan fingerprint density at radius 3 is 2.37 bits per heavy atom. The van der Waals surface area contributed by atoms with Crippen molar-refractivity contribution in [2.75, 3.05) is 26.4 Å². The van der Waals surface area contributed by atoms with E-state index >= 15 is 0 Å². The molecule has 0 N–H and O–H groups in total. The lowest BCUT2D eigenvalue weighted by atomic mass is 10.0. The topological polar surface area (TPSA) is 46.2 Å². The third-order valence-electron chi connectivity index (χ3n) is 5.47. The molecule has 1 aromatic rings. The zero-order valence-corrected chi connectivity index (χ0v) is 17.4. The van der Waals surface area contributed by atoms with Gasteiger partial charge in [-0.05, 0) is 30.5 Å². The normalized spacial score (nSPS) is 27.4. The van der Waals surface area contributed by atoms with E-state index in [0.29, 0.717) is 50.8 Å². The van der Waals surface area contributed by atoms with Crippen molar-refractivity contribution in [2.45, 2.75) is 64.6 Å². The van der Waals surface area contributed by atoms with Gasteiger partial charge in [0.2, 0.25) is 0 Å². The van der Waals surface area contributed by atoms with Crippen LogP contribution in [-0.2, 0) is 25.4 Å². The molecule has 2 heterocycles. The van der Waals surface area contributed by atoms with E-state index in [-0.39, 0.29) is 12.2 Å². The molecule has 170 valence electrons. The second kappa shape index (κ2) is 11.9. The Hall–Kier alpha value is -1.35. The minimum absolute atomic E-state index is 0.0288. The molecule has 0 saturated carbocycles. The van der Waals surface area contributed by atoms with E-state index in [1.807, 2.05) is 0 Å². The molecule has 2 aliphatic rings. The maximum atomic E-state index is 13.8. The van der Waals surface area contributed by atoms with Crippen LogP contribution in [0.5, 0.6) is 5.75 Å². The lowest BCUT2D eigenvalue weighted by Crippen LogP contribution is -2.44. The number of rotatable bonds is 10. The molecule has 3 rings (SSSR count). The molecule has 0 radical (unpaired) electrons. The Morgan fingerprint density at radius 2 is 1.73 bits per heavy atom. The van der Waals surface area contributed by atoms with Crippen LogP contribution in [0.25, 0.3) is 0 Å². The Bertz CT molecular complexity index is 629. The van der Waals surface area contributed by atoms with Crippen LogP contribution < -0.4 is 4.74 Å². The Morgan fingerprint density at radius 1 is 1.00 bits per heavy atom. The average molecular weight is 432 g/mol. The van der Waals surface area contributed by atoms with E-state index in [2.05, 4.69) is 11.7 Å². The number of benzene rings is 1. The van der Waals surface area contributed by atoms with E-state index in [4.69, 9.17) is 18.9 Å². The van der Waals surface area contributed by atoms with Gasteiger partial charge in [0, 0.05) is 12.3 Å². The third-order valence-corrected chi connectivity index (χ3v) is 5.47. The molecule has 0 spiro atoms. The second-order valence-electron chi connectivity index (χ2n) is 7.94. The molecule has 0 aromatic heterocycles. The first-order chi connectivity index (χ1) is 14.5. The predicted octanol–water partition coefficient (Wildman–Crippen LogP) is 4.92. The van der Waals surface area contributed by atoms with Gasteiger partial charge in [-0.15, -0.1) is 0 Å². The monoisotopic (exact) mass is 432 g/mol. The minimum Gasteiger partial charge on any atom is -0.432 e. The third kappa shape index (κ3) is 7.11. The number of hydrogen-bond donors (Lipinski definition) is 0. The van der Waals surface area contributed by atoms with Crippen LogP contribution in [0.1, 0.15) is 44.6 Å². The summed E-state index contributed by atoms with van der Waals surface area (Å²) in [5.74, 6) is -0.773. The van der Waals surface area contributed by atoms with Crippen LogP contribution in [0.15, 0.2) is 18.2 Å². The highest BCUT2D eigenvalue weighted by Gasteiger charge is 2.33. The molecule has 30 heavy (non-hydrogen) atoms. The molecule has 0 unspecified atom stereocenters. The maximum Gasteiger partial charge on any atom is 0.387 e. The van der Waals surface area contributed by atoms with Gasteiger partial charge in [-0.25, -0.2) is 4.39 Å². The molecule has 2 aliphatic heterocycles. The largest absolute Gasteiger partial charge is 0.432 e. The lowest BCUT2D eigenvalue weighted by Gasteiger charge is -2.37. The van der Waals surface area contributed by atoms with Crippen LogP contribution in [0.4, 0.5) is 13.2 Å². The zero-order valence-electron chi connectivity index (χ0n) is 17.4. The number of hydrogen-bond acceptors (Lipinski definition) is 5. The van der Waals surface area contributed by atoms with E-state index in [9.17, 15) is 13.2 Å². The smallest absolute Gasteiger partial charge is 0.387 e. The number of ether oxygens (including phenoxy) is 5. The van der Waals surface area contributed by atoms with Gasteiger partial charge in [0.05, 0.1) is 32.3 Å². The molecule has 0 aliphatic carbocycles. The van der Waals surface area contributed by atoms with Crippen LogP contribution in [0, 0.1) is 17.7 Å². The van der Waals surface area contributed by atoms with Crippen LogP contribution in [-0.4, -0.2) is 45.6 Å². The molecule has 1 aromatic carbocycles. The fraction of sp³-hybridized carbons (Fsp3) is 0.727. The van der Waals surface area contributed by atoms with Crippen molar-refractivity contribution in [3.63, 3.8) is 0 Å². The summed E-state index contributed by atoms with van der Waals surface area (Å²) < 4.78 is 65.6. The van der Waals surface area contributed by atoms with Gasteiger partial charge < -0.3 is 23.7 Å². The van der Waals surface area contributed by atoms with Crippen LogP contribution >= 0.6 is 0 Å². The van der Waals surface area contributed by atoms with Gasteiger partial charge in [0.1, 0.15) is 0 Å². The van der Waals surface area contributed by atoms with E-state index in [1.165, 1.54) is 31.4 Å². The maximum absolute atomic E-state index is 13.8. The number of unbranched alkanes of at least 4 members (excludes halogenated alkanes) is 2. The predicted molar refractivity (Wildman–Crippen MR) is 104 cm³/mol. The average Bonchev–Trinajstić information content (AvgIpc) is 2.75. The highest BCUT2D eigenvalue weighted by molar-refractivity contribution is 5.29. The summed E-state index contributed by atoms with van der Waals surface area (Å²) in [6, 6.07) is 3.97. The first-order valence-corrected chi connectivity index (χ1v) is 10.7. The number of halogens is 3. The Labute approximate surface area is 175 Å². The summed E-state index contributed by atoms with van der Waals surface area (Å²) in [5.41, 5.74) is 0.663. The van der Waals surface area contributed by atoms with Crippen molar-refractivity contribution in [1.82, 2.24) is 0 Å². The summed E-state index contributed by atoms with van der Waals surface area (Å²) in [6.45, 7) is 1.53. The highest BCUT2D eigenvalue weighted by Crippen LogP contribution is 2.26. The molecule has 5 nitrogen and oxygen atoms in total. The second-order valence-corrected chi connectivity index (χ2v) is 7.94. The van der Waals surface area contributed by atoms with Gasteiger partial charge >= 0.3 is 6.61 Å². The van der Waals surface area contributed by atoms with Gasteiger partial charge in [0.25, 0.3) is 0 Å². The molecular formula is C22H31F3O5. The Balaban J connectivity index is 1.35. The summed E-state index contributed by atoms with van der Waals surface area (Å²) in [5, 5.41) is 0. The SMILES string of the molecule is CCCCC[C@H]1CO[C@H]([C@H]2CO[C@H](CCc3ccc(OC(F)F)c(F)c3)OC2)OC1. The molecule has 2 fully saturated rings. The minimum atomic E-state index is -3.05. The van der Waals surface area contributed by atoms with Crippen molar-refractivity contribution < 1.29 is 36.9 Å². The first kappa shape index (κ1) is 23.3. The molecule has 2 saturated heterocycles. The molecule has 0 atom stereocenters. The van der Waals surface area contributed by atoms with E-state index < -0.39 is 24.5 Å². The number of alkyl halides is 2. The van der Waals surface area contributed by atoms with E-state index in [0.717, 1.165) is 6.42 Å². The van der Waals surface area contributed by atoms with E-state index in [1.54, 1.807) is 6.07 Å². The lowest BCUT2D eigenvalue weighted by molar-refractivity contribution is -0.281. The highest BCUT2D eigenvalue weighted by atomic mass is 19.3.